The molecular formula is C18H25ClFN3O2. The van der Waals surface area contributed by atoms with Crippen LogP contribution < -0.4 is 16.0 Å². The van der Waals surface area contributed by atoms with E-state index in [9.17, 15) is 14.0 Å². The number of hydrogen-bond acceptors (Lipinski definition) is 3. The molecule has 1 aliphatic carbocycles. The molecule has 0 radical (unpaired) electrons. The second-order valence-electron chi connectivity index (χ2n) is 7.24. The topological polar surface area (TPSA) is 75.4 Å². The van der Waals surface area contributed by atoms with Crippen LogP contribution in [-0.4, -0.2) is 30.9 Å². The van der Waals surface area contributed by atoms with Crippen molar-refractivity contribution < 1.29 is 14.0 Å². The molecule has 2 aliphatic rings. The average molecular weight is 370 g/mol. The van der Waals surface area contributed by atoms with Crippen molar-refractivity contribution in [1.82, 2.24) is 5.32 Å². The highest BCUT2D eigenvalue weighted by Crippen LogP contribution is 2.53. The monoisotopic (exact) mass is 369 g/mol. The molecule has 1 aromatic carbocycles. The van der Waals surface area contributed by atoms with Crippen LogP contribution in [0, 0.1) is 11.7 Å². The fraction of sp³-hybridized carbons (Fsp3) is 0.556. The Kier molecular flexibility index (Phi) is 5.74. The van der Waals surface area contributed by atoms with Gasteiger partial charge in [0.05, 0.1) is 18.3 Å². The van der Waals surface area contributed by atoms with Gasteiger partial charge in [-0.15, -0.1) is 12.4 Å². The lowest BCUT2D eigenvalue weighted by Gasteiger charge is -2.39. The molecule has 0 saturated heterocycles. The van der Waals surface area contributed by atoms with Gasteiger partial charge in [0.25, 0.3) is 0 Å². The summed E-state index contributed by atoms with van der Waals surface area (Å²) in [6, 6.07) is 4.22. The first-order valence-corrected chi connectivity index (χ1v) is 8.48. The van der Waals surface area contributed by atoms with Gasteiger partial charge in [0.15, 0.2) is 0 Å². The summed E-state index contributed by atoms with van der Waals surface area (Å²) in [4.78, 5) is 26.1. The first-order valence-electron chi connectivity index (χ1n) is 8.48. The molecule has 0 bridgehead atoms. The van der Waals surface area contributed by atoms with E-state index in [0.717, 1.165) is 19.3 Å². The third-order valence-electron chi connectivity index (χ3n) is 5.32. The molecule has 3 rings (SSSR count). The fourth-order valence-electron chi connectivity index (χ4n) is 3.64. The van der Waals surface area contributed by atoms with Gasteiger partial charge in [-0.3, -0.25) is 9.59 Å². The van der Waals surface area contributed by atoms with Gasteiger partial charge in [-0.2, -0.15) is 0 Å². The summed E-state index contributed by atoms with van der Waals surface area (Å²) in [7, 11) is 0. The number of carbonyl (C=O) groups excluding carboxylic acids is 2. The minimum Gasteiger partial charge on any atom is -0.346 e. The van der Waals surface area contributed by atoms with Crippen molar-refractivity contribution in [2.45, 2.75) is 44.6 Å². The van der Waals surface area contributed by atoms with Gasteiger partial charge in [-0.1, -0.05) is 26.3 Å². The van der Waals surface area contributed by atoms with Crippen LogP contribution in [0.2, 0.25) is 0 Å². The third-order valence-corrected chi connectivity index (χ3v) is 5.32. The average Bonchev–Trinajstić information content (AvgIpc) is 2.88. The molecule has 1 atom stereocenters. The van der Waals surface area contributed by atoms with E-state index in [2.05, 4.69) is 5.32 Å². The number of nitrogens with one attached hydrogen (secondary N) is 1. The molecule has 1 aliphatic heterocycles. The molecule has 0 unspecified atom stereocenters. The van der Waals surface area contributed by atoms with Gasteiger partial charge in [0.1, 0.15) is 5.82 Å². The Bertz CT molecular complexity index is 676. The maximum atomic E-state index is 14.3. The van der Waals surface area contributed by atoms with Crippen LogP contribution in [0.5, 0.6) is 0 Å². The van der Waals surface area contributed by atoms with E-state index in [1.54, 1.807) is 17.0 Å². The summed E-state index contributed by atoms with van der Waals surface area (Å²) in [5.74, 6) is -0.807. The Morgan fingerprint density at radius 2 is 2.04 bits per heavy atom. The lowest BCUT2D eigenvalue weighted by Crippen LogP contribution is -2.49. The zero-order valence-corrected chi connectivity index (χ0v) is 15.4. The van der Waals surface area contributed by atoms with Crippen molar-refractivity contribution in [2.75, 3.05) is 18.0 Å². The normalized spacial score (nSPS) is 18.4. The molecule has 3 N–H and O–H groups in total. The van der Waals surface area contributed by atoms with E-state index >= 15 is 0 Å². The summed E-state index contributed by atoms with van der Waals surface area (Å²) in [6.45, 7) is 4.08. The van der Waals surface area contributed by atoms with E-state index in [1.165, 1.54) is 6.07 Å². The SMILES string of the molecule is CC(C)[C@H](N)C(=O)NCC(=O)N1CC2(CCC2)c2c(F)cccc21.Cl. The van der Waals surface area contributed by atoms with E-state index in [0.29, 0.717) is 17.8 Å². The molecular weight excluding hydrogens is 345 g/mol. The Labute approximate surface area is 153 Å². The quantitative estimate of drug-likeness (QED) is 0.853. The summed E-state index contributed by atoms with van der Waals surface area (Å²) in [5.41, 5.74) is 6.84. The first kappa shape index (κ1) is 19.7. The number of rotatable bonds is 4. The smallest absolute Gasteiger partial charge is 0.246 e. The second kappa shape index (κ2) is 7.30. The van der Waals surface area contributed by atoms with Crippen molar-refractivity contribution in [2.24, 2.45) is 11.7 Å². The molecule has 1 aromatic rings. The van der Waals surface area contributed by atoms with E-state index in [-0.39, 0.29) is 47.9 Å². The van der Waals surface area contributed by atoms with Crippen LogP contribution in [0.15, 0.2) is 18.2 Å². The van der Waals surface area contributed by atoms with Crippen LogP contribution >= 0.6 is 12.4 Å². The number of amides is 2. The predicted octanol–water partition coefficient (Wildman–Crippen LogP) is 2.12. The maximum absolute atomic E-state index is 14.3. The number of carbonyl (C=O) groups is 2. The molecule has 1 heterocycles. The second-order valence-corrected chi connectivity index (χ2v) is 7.24. The van der Waals surface area contributed by atoms with Crippen molar-refractivity contribution in [3.8, 4) is 0 Å². The third kappa shape index (κ3) is 3.37. The van der Waals surface area contributed by atoms with Gasteiger partial charge in [0.2, 0.25) is 11.8 Å². The van der Waals surface area contributed by atoms with Crippen LogP contribution in [0.3, 0.4) is 0 Å². The van der Waals surface area contributed by atoms with Crippen molar-refractivity contribution in [3.63, 3.8) is 0 Å². The molecule has 1 spiro atoms. The number of anilines is 1. The lowest BCUT2D eigenvalue weighted by atomic mass is 9.65. The van der Waals surface area contributed by atoms with Gasteiger partial charge in [-0.05, 0) is 30.9 Å². The number of halogens is 2. The Morgan fingerprint density at radius 1 is 1.36 bits per heavy atom. The molecule has 1 saturated carbocycles. The largest absolute Gasteiger partial charge is 0.346 e. The maximum Gasteiger partial charge on any atom is 0.246 e. The van der Waals surface area contributed by atoms with Gasteiger partial charge in [0, 0.05) is 17.5 Å². The highest BCUT2D eigenvalue weighted by molar-refractivity contribution is 5.99. The minimum absolute atomic E-state index is 0. The zero-order chi connectivity index (χ0) is 17.5. The van der Waals surface area contributed by atoms with Crippen molar-refractivity contribution in [3.05, 3.63) is 29.6 Å². The number of benzene rings is 1. The number of nitrogens with zero attached hydrogens (tertiary/aromatic N) is 1. The molecule has 2 amide bonds. The Balaban J connectivity index is 0.00000225. The van der Waals surface area contributed by atoms with E-state index < -0.39 is 6.04 Å². The molecule has 1 fully saturated rings. The van der Waals surface area contributed by atoms with Gasteiger partial charge < -0.3 is 16.0 Å². The van der Waals surface area contributed by atoms with Crippen LogP contribution in [-0.2, 0) is 15.0 Å². The minimum atomic E-state index is -0.640. The number of nitrogens with two attached hydrogens (primary N) is 1. The summed E-state index contributed by atoms with van der Waals surface area (Å²) in [5, 5.41) is 2.60. The first-order chi connectivity index (χ1) is 11.4. The van der Waals surface area contributed by atoms with Gasteiger partial charge >= 0.3 is 0 Å². The summed E-state index contributed by atoms with van der Waals surface area (Å²) >= 11 is 0. The lowest BCUT2D eigenvalue weighted by molar-refractivity contribution is -0.126. The fourth-order valence-corrected chi connectivity index (χ4v) is 3.64. The highest BCUT2D eigenvalue weighted by Gasteiger charge is 2.50. The van der Waals surface area contributed by atoms with Crippen LogP contribution in [0.25, 0.3) is 0 Å². The zero-order valence-electron chi connectivity index (χ0n) is 14.5. The van der Waals surface area contributed by atoms with Crippen LogP contribution in [0.4, 0.5) is 10.1 Å². The molecule has 138 valence electrons. The Hall–Kier alpha value is -1.66. The summed E-state index contributed by atoms with van der Waals surface area (Å²) < 4.78 is 14.3. The standard InChI is InChI=1S/C18H24FN3O2.ClH/c1-11(2)16(20)17(24)21-9-14(23)22-10-18(7-4-8-18)15-12(19)5-3-6-13(15)22;/h3,5-6,11,16H,4,7-10,20H2,1-2H3,(H,21,24);1H/t16-;/m0./s1. The van der Waals surface area contributed by atoms with Crippen molar-refractivity contribution in [1.29, 1.82) is 0 Å². The molecule has 5 nitrogen and oxygen atoms in total. The van der Waals surface area contributed by atoms with Gasteiger partial charge in [-0.25, -0.2) is 4.39 Å². The predicted molar refractivity (Wildman–Crippen MR) is 97.4 cm³/mol. The molecule has 0 aromatic heterocycles. The van der Waals surface area contributed by atoms with Crippen molar-refractivity contribution >= 4 is 29.9 Å². The highest BCUT2D eigenvalue weighted by atomic mass is 35.5. The molecule has 7 heteroatoms. The number of hydrogen-bond donors (Lipinski definition) is 2. The summed E-state index contributed by atoms with van der Waals surface area (Å²) in [6.07, 6.45) is 2.85. The number of fused-ring (bicyclic) bond motifs is 2. The van der Waals surface area contributed by atoms with E-state index in [4.69, 9.17) is 5.73 Å². The Morgan fingerprint density at radius 3 is 2.60 bits per heavy atom. The van der Waals surface area contributed by atoms with E-state index in [1.807, 2.05) is 13.8 Å². The van der Waals surface area contributed by atoms with Crippen LogP contribution in [0.1, 0.15) is 38.7 Å². The molecule has 25 heavy (non-hydrogen) atoms.